The molecule has 116 valence electrons. The molecule has 6 nitrogen and oxygen atoms in total. The molecule has 0 atom stereocenters. The van der Waals surface area contributed by atoms with Crippen LogP contribution in [0.4, 0.5) is 5.69 Å². The van der Waals surface area contributed by atoms with Gasteiger partial charge in [0.1, 0.15) is 0 Å². The number of rotatable bonds is 4. The Morgan fingerprint density at radius 3 is 2.68 bits per heavy atom. The second kappa shape index (κ2) is 6.70. The van der Waals surface area contributed by atoms with Crippen LogP contribution in [0.25, 0.3) is 0 Å². The summed E-state index contributed by atoms with van der Waals surface area (Å²) < 4.78 is 5.24. The Labute approximate surface area is 129 Å². The fourth-order valence-electron chi connectivity index (χ4n) is 2.74. The van der Waals surface area contributed by atoms with Gasteiger partial charge in [-0.25, -0.2) is 0 Å². The third-order valence-electron chi connectivity index (χ3n) is 3.90. The van der Waals surface area contributed by atoms with Gasteiger partial charge >= 0.3 is 0 Å². The van der Waals surface area contributed by atoms with Crippen molar-refractivity contribution in [2.45, 2.75) is 25.7 Å². The minimum absolute atomic E-state index is 0.0262. The van der Waals surface area contributed by atoms with E-state index in [9.17, 15) is 4.79 Å². The highest BCUT2D eigenvalue weighted by Crippen LogP contribution is 2.26. The Morgan fingerprint density at radius 2 is 2.05 bits per heavy atom. The number of aryl methyl sites for hydroxylation is 1. The first kappa shape index (κ1) is 14.7. The number of anilines is 1. The van der Waals surface area contributed by atoms with Crippen LogP contribution in [0, 0.1) is 6.92 Å². The normalized spacial score (nSPS) is 16.6. The van der Waals surface area contributed by atoms with Gasteiger partial charge in [-0.15, -0.1) is 0 Å². The summed E-state index contributed by atoms with van der Waals surface area (Å²) in [6, 6.07) is 9.53. The molecule has 0 saturated carbocycles. The van der Waals surface area contributed by atoms with Crippen LogP contribution < -0.4 is 5.32 Å². The van der Waals surface area contributed by atoms with Gasteiger partial charge < -0.3 is 9.84 Å². The van der Waals surface area contributed by atoms with Gasteiger partial charge in [0.15, 0.2) is 5.82 Å². The average Bonchev–Trinajstić information content (AvgIpc) is 2.95. The summed E-state index contributed by atoms with van der Waals surface area (Å²) in [7, 11) is 0. The summed E-state index contributed by atoms with van der Waals surface area (Å²) in [6.07, 6.45) is 1.89. The fraction of sp³-hybridized carbons (Fsp3) is 0.438. The topological polar surface area (TPSA) is 71.3 Å². The quantitative estimate of drug-likeness (QED) is 0.937. The summed E-state index contributed by atoms with van der Waals surface area (Å²) in [4.78, 5) is 18.5. The first-order valence-corrected chi connectivity index (χ1v) is 7.58. The van der Waals surface area contributed by atoms with Gasteiger partial charge in [-0.1, -0.05) is 23.4 Å². The second-order valence-corrected chi connectivity index (χ2v) is 5.64. The van der Waals surface area contributed by atoms with Gasteiger partial charge in [0, 0.05) is 11.6 Å². The Morgan fingerprint density at radius 1 is 1.32 bits per heavy atom. The van der Waals surface area contributed by atoms with Crippen LogP contribution in [-0.2, 0) is 4.79 Å². The fourth-order valence-corrected chi connectivity index (χ4v) is 2.74. The first-order chi connectivity index (χ1) is 10.7. The molecule has 0 spiro atoms. The van der Waals surface area contributed by atoms with Crippen LogP contribution in [0.15, 0.2) is 34.9 Å². The molecular weight excluding hydrogens is 280 g/mol. The van der Waals surface area contributed by atoms with Crippen molar-refractivity contribution >= 4 is 11.6 Å². The second-order valence-electron chi connectivity index (χ2n) is 5.64. The van der Waals surface area contributed by atoms with Crippen LogP contribution >= 0.6 is 0 Å². The number of nitrogens with one attached hydrogen (secondary N) is 1. The van der Waals surface area contributed by atoms with Crippen molar-refractivity contribution in [3.63, 3.8) is 0 Å². The third-order valence-corrected chi connectivity index (χ3v) is 3.90. The third kappa shape index (κ3) is 3.71. The van der Waals surface area contributed by atoms with Crippen molar-refractivity contribution in [2.24, 2.45) is 0 Å². The number of carbonyl (C=O) groups is 1. The van der Waals surface area contributed by atoms with Crippen LogP contribution in [0.1, 0.15) is 30.5 Å². The highest BCUT2D eigenvalue weighted by Gasteiger charge is 2.25. The standard InChI is InChI=1S/C16H20N4O2/c1-12-17-16(22-19-12)13-7-9-20(10-8-13)11-15(21)18-14-5-3-2-4-6-14/h2-6,13H,7-11H2,1H3,(H,18,21). The van der Waals surface area contributed by atoms with Gasteiger partial charge in [0.2, 0.25) is 11.8 Å². The maximum atomic E-state index is 12.0. The van der Waals surface area contributed by atoms with Crippen molar-refractivity contribution in [3.8, 4) is 0 Å². The predicted octanol–water partition coefficient (Wildman–Crippen LogP) is 2.20. The van der Waals surface area contributed by atoms with E-state index in [1.165, 1.54) is 0 Å². The molecule has 3 rings (SSSR count). The van der Waals surface area contributed by atoms with E-state index in [-0.39, 0.29) is 5.91 Å². The predicted molar refractivity (Wildman–Crippen MR) is 82.5 cm³/mol. The molecule has 1 aromatic heterocycles. The Bertz CT molecular complexity index is 618. The molecule has 2 heterocycles. The molecule has 0 bridgehead atoms. The summed E-state index contributed by atoms with van der Waals surface area (Å²) in [5, 5.41) is 6.76. The number of benzene rings is 1. The summed E-state index contributed by atoms with van der Waals surface area (Å²) in [6.45, 7) is 3.99. The summed E-state index contributed by atoms with van der Waals surface area (Å²) >= 11 is 0. The van der Waals surface area contributed by atoms with E-state index in [2.05, 4.69) is 20.4 Å². The number of aromatic nitrogens is 2. The largest absolute Gasteiger partial charge is 0.339 e. The maximum Gasteiger partial charge on any atom is 0.238 e. The lowest BCUT2D eigenvalue weighted by Crippen LogP contribution is -2.38. The van der Waals surface area contributed by atoms with E-state index in [4.69, 9.17) is 4.52 Å². The van der Waals surface area contributed by atoms with Crippen LogP contribution in [0.5, 0.6) is 0 Å². The van der Waals surface area contributed by atoms with Crippen LogP contribution in [-0.4, -0.2) is 40.6 Å². The number of piperidine rings is 1. The van der Waals surface area contributed by atoms with Crippen molar-refractivity contribution in [1.82, 2.24) is 15.0 Å². The molecule has 1 fully saturated rings. The van der Waals surface area contributed by atoms with Crippen LogP contribution in [0.2, 0.25) is 0 Å². The average molecular weight is 300 g/mol. The number of hydrogen-bond donors (Lipinski definition) is 1. The molecule has 0 radical (unpaired) electrons. The van der Waals surface area contributed by atoms with E-state index in [1.54, 1.807) is 0 Å². The molecule has 6 heteroatoms. The van der Waals surface area contributed by atoms with Crippen molar-refractivity contribution in [2.75, 3.05) is 25.0 Å². The number of hydrogen-bond acceptors (Lipinski definition) is 5. The highest BCUT2D eigenvalue weighted by molar-refractivity contribution is 5.92. The zero-order chi connectivity index (χ0) is 15.4. The Hall–Kier alpha value is -2.21. The van der Waals surface area contributed by atoms with Gasteiger partial charge in [0.05, 0.1) is 6.54 Å². The van der Waals surface area contributed by atoms with E-state index < -0.39 is 0 Å². The van der Waals surface area contributed by atoms with E-state index in [1.807, 2.05) is 37.3 Å². The Kier molecular flexibility index (Phi) is 4.48. The van der Waals surface area contributed by atoms with E-state index >= 15 is 0 Å². The maximum absolute atomic E-state index is 12.0. The lowest BCUT2D eigenvalue weighted by Gasteiger charge is -2.29. The summed E-state index contributed by atoms with van der Waals surface area (Å²) in [5.41, 5.74) is 0.837. The minimum atomic E-state index is 0.0262. The lowest BCUT2D eigenvalue weighted by atomic mass is 9.97. The first-order valence-electron chi connectivity index (χ1n) is 7.58. The molecule has 1 aromatic carbocycles. The molecule has 0 unspecified atom stereocenters. The van der Waals surface area contributed by atoms with Crippen molar-refractivity contribution in [1.29, 1.82) is 0 Å². The van der Waals surface area contributed by atoms with Crippen molar-refractivity contribution in [3.05, 3.63) is 42.0 Å². The monoisotopic (exact) mass is 300 g/mol. The molecule has 2 aromatic rings. The minimum Gasteiger partial charge on any atom is -0.339 e. The van der Waals surface area contributed by atoms with Gasteiger partial charge in [-0.2, -0.15) is 4.98 Å². The van der Waals surface area contributed by atoms with Crippen molar-refractivity contribution < 1.29 is 9.32 Å². The lowest BCUT2D eigenvalue weighted by molar-refractivity contribution is -0.117. The number of nitrogens with zero attached hydrogens (tertiary/aromatic N) is 3. The van der Waals surface area contributed by atoms with Gasteiger partial charge in [0.25, 0.3) is 0 Å². The number of para-hydroxylation sites is 1. The Balaban J connectivity index is 1.46. The van der Waals surface area contributed by atoms with Gasteiger partial charge in [-0.05, 0) is 45.0 Å². The molecule has 22 heavy (non-hydrogen) atoms. The molecular formula is C16H20N4O2. The number of carbonyl (C=O) groups excluding carboxylic acids is 1. The SMILES string of the molecule is Cc1noc(C2CCN(CC(=O)Nc3ccccc3)CC2)n1. The summed E-state index contributed by atoms with van der Waals surface area (Å²) in [5.74, 6) is 1.75. The zero-order valence-corrected chi connectivity index (χ0v) is 12.7. The number of amides is 1. The van der Waals surface area contributed by atoms with Gasteiger partial charge in [-0.3, -0.25) is 9.69 Å². The molecule has 1 aliphatic heterocycles. The molecule has 1 N–H and O–H groups in total. The zero-order valence-electron chi connectivity index (χ0n) is 12.7. The molecule has 1 saturated heterocycles. The molecule has 0 aliphatic carbocycles. The molecule has 1 aliphatic rings. The molecule has 1 amide bonds. The highest BCUT2D eigenvalue weighted by atomic mass is 16.5. The van der Waals surface area contributed by atoms with E-state index in [0.29, 0.717) is 18.3 Å². The number of likely N-dealkylation sites (tertiary alicyclic amines) is 1. The van der Waals surface area contributed by atoms with E-state index in [0.717, 1.165) is 37.5 Å². The smallest absolute Gasteiger partial charge is 0.238 e. The van der Waals surface area contributed by atoms with Crippen LogP contribution in [0.3, 0.4) is 0 Å².